The van der Waals surface area contributed by atoms with Crippen LogP contribution in [0.5, 0.6) is 0 Å². The number of hydrogen-bond donors (Lipinski definition) is 1. The summed E-state index contributed by atoms with van der Waals surface area (Å²) in [7, 11) is 0. The fourth-order valence-electron chi connectivity index (χ4n) is 3.26. The van der Waals surface area contributed by atoms with Gasteiger partial charge >= 0.3 is 0 Å². The zero-order chi connectivity index (χ0) is 20.8. The highest BCUT2D eigenvalue weighted by molar-refractivity contribution is 5.98. The van der Waals surface area contributed by atoms with Crippen LogP contribution in [0.2, 0.25) is 0 Å². The van der Waals surface area contributed by atoms with Gasteiger partial charge in [-0.2, -0.15) is 5.10 Å². The standard InChI is InChI=1S/C21H24N4O4/c1-15-3-5-16(6-4-15)18(26)8-10-20(28)24-11-2-12-25(14-13-24)21(29)17-7-9-19(27)23-22-17/h3-7,9H,2,8,10-14H2,1H3,(H,23,27). The normalized spacial score (nSPS) is 14.4. The molecular formula is C21H24N4O4. The van der Waals surface area contributed by atoms with Gasteiger partial charge in [0, 0.05) is 50.7 Å². The number of nitrogens with zero attached hydrogens (tertiary/aromatic N) is 3. The van der Waals surface area contributed by atoms with Gasteiger partial charge in [0.25, 0.3) is 11.5 Å². The summed E-state index contributed by atoms with van der Waals surface area (Å²) in [5, 5.41) is 6.03. The van der Waals surface area contributed by atoms with Crippen molar-refractivity contribution in [1.29, 1.82) is 0 Å². The largest absolute Gasteiger partial charge is 0.341 e. The van der Waals surface area contributed by atoms with E-state index in [0.29, 0.717) is 38.2 Å². The molecule has 8 nitrogen and oxygen atoms in total. The third kappa shape index (κ3) is 5.37. The first-order chi connectivity index (χ1) is 13.9. The fourth-order valence-corrected chi connectivity index (χ4v) is 3.26. The molecule has 2 aromatic rings. The van der Waals surface area contributed by atoms with E-state index in [1.165, 1.54) is 12.1 Å². The molecule has 1 aliphatic heterocycles. The molecule has 0 spiro atoms. The molecule has 1 N–H and O–H groups in total. The Morgan fingerprint density at radius 1 is 0.931 bits per heavy atom. The highest BCUT2D eigenvalue weighted by Gasteiger charge is 2.24. The maximum absolute atomic E-state index is 12.5. The van der Waals surface area contributed by atoms with Gasteiger partial charge in [0.1, 0.15) is 5.69 Å². The van der Waals surface area contributed by atoms with Crippen LogP contribution in [-0.4, -0.2) is 63.8 Å². The third-order valence-electron chi connectivity index (χ3n) is 4.97. The molecule has 0 radical (unpaired) electrons. The Balaban J connectivity index is 1.52. The third-order valence-corrected chi connectivity index (χ3v) is 4.97. The number of amides is 2. The van der Waals surface area contributed by atoms with Gasteiger partial charge in [0.05, 0.1) is 0 Å². The van der Waals surface area contributed by atoms with E-state index in [1.807, 2.05) is 19.1 Å². The lowest BCUT2D eigenvalue weighted by atomic mass is 10.0. The summed E-state index contributed by atoms with van der Waals surface area (Å²) in [6.07, 6.45) is 0.969. The first kappa shape index (κ1) is 20.4. The number of ketones is 1. The smallest absolute Gasteiger partial charge is 0.274 e. The Morgan fingerprint density at radius 2 is 1.62 bits per heavy atom. The van der Waals surface area contributed by atoms with E-state index in [4.69, 9.17) is 0 Å². The number of hydrogen-bond acceptors (Lipinski definition) is 5. The predicted molar refractivity (Wildman–Crippen MR) is 107 cm³/mol. The van der Waals surface area contributed by atoms with Crippen LogP contribution in [0.4, 0.5) is 0 Å². The van der Waals surface area contributed by atoms with E-state index in [1.54, 1.807) is 21.9 Å². The first-order valence-electron chi connectivity index (χ1n) is 9.66. The zero-order valence-corrected chi connectivity index (χ0v) is 16.4. The maximum atomic E-state index is 12.5. The van der Waals surface area contributed by atoms with Gasteiger partial charge in [0.2, 0.25) is 5.91 Å². The highest BCUT2D eigenvalue weighted by Crippen LogP contribution is 2.11. The number of rotatable bonds is 5. The van der Waals surface area contributed by atoms with E-state index in [0.717, 1.165) is 5.56 Å². The average molecular weight is 396 g/mol. The van der Waals surface area contributed by atoms with Crippen molar-refractivity contribution in [2.45, 2.75) is 26.2 Å². The second-order valence-electron chi connectivity index (χ2n) is 7.12. The van der Waals surface area contributed by atoms with Crippen LogP contribution >= 0.6 is 0 Å². The molecule has 0 atom stereocenters. The molecular weight excluding hydrogens is 372 g/mol. The van der Waals surface area contributed by atoms with Gasteiger partial charge in [-0.15, -0.1) is 0 Å². The molecule has 8 heteroatoms. The molecule has 1 aromatic heterocycles. The lowest BCUT2D eigenvalue weighted by Crippen LogP contribution is -2.38. The van der Waals surface area contributed by atoms with Crippen molar-refractivity contribution in [3.8, 4) is 0 Å². The zero-order valence-electron chi connectivity index (χ0n) is 16.4. The molecule has 0 bridgehead atoms. The molecule has 152 valence electrons. The van der Waals surface area contributed by atoms with Crippen LogP contribution in [0.1, 0.15) is 45.7 Å². The minimum absolute atomic E-state index is 0.0471. The monoisotopic (exact) mass is 396 g/mol. The van der Waals surface area contributed by atoms with Crippen molar-refractivity contribution in [3.05, 3.63) is 63.6 Å². The second kappa shape index (κ2) is 9.27. The van der Waals surface area contributed by atoms with Crippen molar-refractivity contribution in [3.63, 3.8) is 0 Å². The molecule has 1 saturated heterocycles. The molecule has 1 aromatic carbocycles. The number of carbonyl (C=O) groups excluding carboxylic acids is 3. The van der Waals surface area contributed by atoms with Crippen LogP contribution < -0.4 is 5.56 Å². The van der Waals surface area contributed by atoms with Gasteiger partial charge in [0.15, 0.2) is 5.78 Å². The molecule has 1 fully saturated rings. The lowest BCUT2D eigenvalue weighted by Gasteiger charge is -2.22. The summed E-state index contributed by atoms with van der Waals surface area (Å²) in [4.78, 5) is 51.8. The number of benzene rings is 1. The Morgan fingerprint density at radius 3 is 2.31 bits per heavy atom. The molecule has 0 unspecified atom stereocenters. The Bertz CT molecular complexity index is 931. The molecule has 29 heavy (non-hydrogen) atoms. The van der Waals surface area contributed by atoms with Gasteiger partial charge in [-0.05, 0) is 19.4 Å². The Kier molecular flexibility index (Phi) is 6.54. The topological polar surface area (TPSA) is 103 Å². The van der Waals surface area contributed by atoms with Crippen LogP contribution in [0, 0.1) is 6.92 Å². The number of nitrogens with one attached hydrogen (secondary N) is 1. The van der Waals surface area contributed by atoms with Gasteiger partial charge in [-0.25, -0.2) is 5.10 Å². The van der Waals surface area contributed by atoms with Crippen molar-refractivity contribution >= 4 is 17.6 Å². The van der Waals surface area contributed by atoms with Crippen LogP contribution in [-0.2, 0) is 4.79 Å². The van der Waals surface area contributed by atoms with Crippen molar-refractivity contribution in [1.82, 2.24) is 20.0 Å². The van der Waals surface area contributed by atoms with E-state index in [2.05, 4.69) is 10.2 Å². The number of aromatic nitrogens is 2. The number of Topliss-reactive ketones (excluding diaryl/α,β-unsaturated/α-hetero) is 1. The summed E-state index contributed by atoms with van der Waals surface area (Å²) in [6.45, 7) is 3.80. The van der Waals surface area contributed by atoms with Crippen molar-refractivity contribution in [2.24, 2.45) is 0 Å². The van der Waals surface area contributed by atoms with Crippen LogP contribution in [0.15, 0.2) is 41.2 Å². The van der Waals surface area contributed by atoms with Gasteiger partial charge in [-0.3, -0.25) is 19.2 Å². The first-order valence-corrected chi connectivity index (χ1v) is 9.66. The average Bonchev–Trinajstić information content (AvgIpc) is 2.99. The van der Waals surface area contributed by atoms with Crippen molar-refractivity contribution in [2.75, 3.05) is 26.2 Å². The lowest BCUT2D eigenvalue weighted by molar-refractivity contribution is -0.131. The fraction of sp³-hybridized carbons (Fsp3) is 0.381. The SMILES string of the molecule is Cc1ccc(C(=O)CCC(=O)N2CCCN(C(=O)c3ccc(=O)[nH]n3)CC2)cc1. The van der Waals surface area contributed by atoms with E-state index >= 15 is 0 Å². The molecule has 0 saturated carbocycles. The molecule has 3 rings (SSSR count). The number of aryl methyl sites for hydroxylation is 1. The summed E-state index contributed by atoms with van der Waals surface area (Å²) in [6, 6.07) is 9.98. The number of carbonyl (C=O) groups is 3. The molecule has 2 amide bonds. The number of H-pyrrole nitrogens is 1. The Hall–Kier alpha value is -3.29. The number of aromatic amines is 1. The minimum Gasteiger partial charge on any atom is -0.341 e. The quantitative estimate of drug-likeness (QED) is 0.770. The summed E-state index contributed by atoms with van der Waals surface area (Å²) in [5.74, 6) is -0.402. The molecule has 2 heterocycles. The molecule has 1 aliphatic rings. The van der Waals surface area contributed by atoms with E-state index < -0.39 is 0 Å². The summed E-state index contributed by atoms with van der Waals surface area (Å²) >= 11 is 0. The minimum atomic E-state index is -0.366. The van der Waals surface area contributed by atoms with Gasteiger partial charge in [-0.1, -0.05) is 29.8 Å². The summed E-state index contributed by atoms with van der Waals surface area (Å²) < 4.78 is 0. The molecule has 0 aliphatic carbocycles. The van der Waals surface area contributed by atoms with E-state index in [9.17, 15) is 19.2 Å². The second-order valence-corrected chi connectivity index (χ2v) is 7.12. The van der Waals surface area contributed by atoms with E-state index in [-0.39, 0.29) is 41.7 Å². The van der Waals surface area contributed by atoms with Gasteiger partial charge < -0.3 is 9.80 Å². The highest BCUT2D eigenvalue weighted by atomic mass is 16.2. The van der Waals surface area contributed by atoms with Crippen molar-refractivity contribution < 1.29 is 14.4 Å². The van der Waals surface area contributed by atoms with Crippen LogP contribution in [0.25, 0.3) is 0 Å². The van der Waals surface area contributed by atoms with Crippen LogP contribution in [0.3, 0.4) is 0 Å². The Labute approximate surface area is 168 Å². The maximum Gasteiger partial charge on any atom is 0.274 e. The predicted octanol–water partition coefficient (Wildman–Crippen LogP) is 1.42. The summed E-state index contributed by atoms with van der Waals surface area (Å²) in [5.41, 5.74) is 1.50.